The first-order chi connectivity index (χ1) is 10.1. The SMILES string of the molecule is Cc1cccc(OCCOc2ccc(F)cc2)c1[N+](=O)[O-]. The lowest BCUT2D eigenvalue weighted by molar-refractivity contribution is -0.386. The summed E-state index contributed by atoms with van der Waals surface area (Å²) in [6.07, 6.45) is 0. The van der Waals surface area contributed by atoms with Crippen molar-refractivity contribution in [3.8, 4) is 11.5 Å². The van der Waals surface area contributed by atoms with Crippen LogP contribution in [0.15, 0.2) is 42.5 Å². The van der Waals surface area contributed by atoms with Crippen LogP contribution in [0.4, 0.5) is 10.1 Å². The fourth-order valence-electron chi connectivity index (χ4n) is 1.82. The van der Waals surface area contributed by atoms with Gasteiger partial charge in [0.1, 0.15) is 24.8 Å². The average Bonchev–Trinajstić information content (AvgIpc) is 2.45. The monoisotopic (exact) mass is 291 g/mol. The van der Waals surface area contributed by atoms with E-state index in [1.807, 2.05) is 0 Å². The number of aryl methyl sites for hydroxylation is 1. The molecule has 0 fully saturated rings. The van der Waals surface area contributed by atoms with Crippen molar-refractivity contribution in [1.29, 1.82) is 0 Å². The number of halogens is 1. The standard InChI is InChI=1S/C15H14FNO4/c1-11-3-2-4-14(15(11)17(18)19)21-10-9-20-13-7-5-12(16)6-8-13/h2-8H,9-10H2,1H3. The number of para-hydroxylation sites is 1. The number of nitro groups is 1. The highest BCUT2D eigenvalue weighted by Gasteiger charge is 2.17. The Morgan fingerprint density at radius 1 is 1.10 bits per heavy atom. The van der Waals surface area contributed by atoms with Crippen molar-refractivity contribution >= 4 is 5.69 Å². The molecule has 110 valence electrons. The summed E-state index contributed by atoms with van der Waals surface area (Å²) in [5.41, 5.74) is 0.497. The van der Waals surface area contributed by atoms with Gasteiger partial charge in [0.2, 0.25) is 0 Å². The fourth-order valence-corrected chi connectivity index (χ4v) is 1.82. The highest BCUT2D eigenvalue weighted by atomic mass is 19.1. The maximum Gasteiger partial charge on any atom is 0.313 e. The van der Waals surface area contributed by atoms with Crippen LogP contribution < -0.4 is 9.47 Å². The molecule has 0 aliphatic carbocycles. The number of ether oxygens (including phenoxy) is 2. The first-order valence-electron chi connectivity index (χ1n) is 6.33. The van der Waals surface area contributed by atoms with E-state index in [-0.39, 0.29) is 30.5 Å². The van der Waals surface area contributed by atoms with Crippen molar-refractivity contribution in [2.45, 2.75) is 6.92 Å². The van der Waals surface area contributed by atoms with E-state index in [1.54, 1.807) is 25.1 Å². The zero-order chi connectivity index (χ0) is 15.2. The molecule has 0 bridgehead atoms. The van der Waals surface area contributed by atoms with E-state index in [9.17, 15) is 14.5 Å². The number of nitro benzene ring substituents is 1. The van der Waals surface area contributed by atoms with Crippen molar-refractivity contribution in [3.05, 3.63) is 64.0 Å². The van der Waals surface area contributed by atoms with Crippen LogP contribution in [0.2, 0.25) is 0 Å². The molecule has 5 nitrogen and oxygen atoms in total. The Hall–Kier alpha value is -2.63. The first-order valence-corrected chi connectivity index (χ1v) is 6.33. The summed E-state index contributed by atoms with van der Waals surface area (Å²) in [6, 6.07) is 10.5. The van der Waals surface area contributed by atoms with E-state index in [1.165, 1.54) is 24.3 Å². The summed E-state index contributed by atoms with van der Waals surface area (Å²) in [5.74, 6) is 0.385. The molecule has 0 saturated heterocycles. The smallest absolute Gasteiger partial charge is 0.313 e. The van der Waals surface area contributed by atoms with Crippen molar-refractivity contribution < 1.29 is 18.8 Å². The molecule has 0 heterocycles. The van der Waals surface area contributed by atoms with Gasteiger partial charge in [-0.05, 0) is 37.3 Å². The lowest BCUT2D eigenvalue weighted by Gasteiger charge is -2.09. The quantitative estimate of drug-likeness (QED) is 0.464. The summed E-state index contributed by atoms with van der Waals surface area (Å²) in [5, 5.41) is 11.0. The zero-order valence-electron chi connectivity index (χ0n) is 11.4. The van der Waals surface area contributed by atoms with Crippen LogP contribution >= 0.6 is 0 Å². The average molecular weight is 291 g/mol. The lowest BCUT2D eigenvalue weighted by atomic mass is 10.2. The maximum absolute atomic E-state index is 12.7. The molecule has 0 unspecified atom stereocenters. The van der Waals surface area contributed by atoms with Gasteiger partial charge in [0.25, 0.3) is 0 Å². The van der Waals surface area contributed by atoms with E-state index in [0.29, 0.717) is 11.3 Å². The van der Waals surface area contributed by atoms with Gasteiger partial charge in [0.05, 0.1) is 4.92 Å². The van der Waals surface area contributed by atoms with Crippen molar-refractivity contribution in [3.63, 3.8) is 0 Å². The minimum Gasteiger partial charge on any atom is -0.490 e. The van der Waals surface area contributed by atoms with Crippen LogP contribution in [0.5, 0.6) is 11.5 Å². The molecule has 0 saturated carbocycles. The molecule has 6 heteroatoms. The van der Waals surface area contributed by atoms with Crippen LogP contribution in [0, 0.1) is 22.9 Å². The van der Waals surface area contributed by atoms with Gasteiger partial charge in [-0.1, -0.05) is 12.1 Å². The summed E-state index contributed by atoms with van der Waals surface area (Å²) in [6.45, 7) is 2.01. The van der Waals surface area contributed by atoms with Crippen LogP contribution in [0.1, 0.15) is 5.56 Å². The Balaban J connectivity index is 1.90. The van der Waals surface area contributed by atoms with Gasteiger partial charge in [-0.3, -0.25) is 10.1 Å². The molecule has 0 aromatic heterocycles. The minimum atomic E-state index is -0.467. The molecule has 2 aromatic rings. The van der Waals surface area contributed by atoms with Gasteiger partial charge in [-0.25, -0.2) is 4.39 Å². The van der Waals surface area contributed by atoms with Gasteiger partial charge in [-0.15, -0.1) is 0 Å². The predicted octanol–water partition coefficient (Wildman–Crippen LogP) is 3.50. The third-order valence-corrected chi connectivity index (χ3v) is 2.81. The summed E-state index contributed by atoms with van der Waals surface area (Å²) < 4.78 is 23.4. The second-order valence-corrected chi connectivity index (χ2v) is 4.33. The Morgan fingerprint density at radius 2 is 1.76 bits per heavy atom. The van der Waals surface area contributed by atoms with Gasteiger partial charge in [-0.2, -0.15) is 0 Å². The third-order valence-electron chi connectivity index (χ3n) is 2.81. The number of nitrogens with zero attached hydrogens (tertiary/aromatic N) is 1. The molecule has 2 rings (SSSR count). The summed E-state index contributed by atoms with van der Waals surface area (Å²) in [4.78, 5) is 10.5. The Kier molecular flexibility index (Phi) is 4.71. The van der Waals surface area contributed by atoms with E-state index < -0.39 is 4.92 Å². The van der Waals surface area contributed by atoms with Crippen molar-refractivity contribution in [1.82, 2.24) is 0 Å². The fraction of sp³-hybridized carbons (Fsp3) is 0.200. The van der Waals surface area contributed by atoms with Gasteiger partial charge >= 0.3 is 5.69 Å². The van der Waals surface area contributed by atoms with Crippen LogP contribution in [0.25, 0.3) is 0 Å². The van der Waals surface area contributed by atoms with E-state index in [0.717, 1.165) is 0 Å². The number of benzene rings is 2. The van der Waals surface area contributed by atoms with Crippen LogP contribution in [-0.2, 0) is 0 Å². The van der Waals surface area contributed by atoms with Gasteiger partial charge in [0, 0.05) is 5.56 Å². The molecule has 0 aliphatic heterocycles. The molecular weight excluding hydrogens is 277 g/mol. The van der Waals surface area contributed by atoms with Crippen LogP contribution in [-0.4, -0.2) is 18.1 Å². The molecule has 0 N–H and O–H groups in total. The second kappa shape index (κ2) is 6.69. The zero-order valence-corrected chi connectivity index (χ0v) is 11.4. The minimum absolute atomic E-state index is 0.0423. The molecule has 0 aliphatic rings. The summed E-state index contributed by atoms with van der Waals surface area (Å²) in [7, 11) is 0. The van der Waals surface area contributed by atoms with E-state index >= 15 is 0 Å². The van der Waals surface area contributed by atoms with Gasteiger partial charge < -0.3 is 9.47 Å². The van der Waals surface area contributed by atoms with E-state index in [2.05, 4.69) is 0 Å². The summed E-state index contributed by atoms with van der Waals surface area (Å²) >= 11 is 0. The first kappa shape index (κ1) is 14.8. The Bertz CT molecular complexity index is 628. The molecular formula is C15H14FNO4. The van der Waals surface area contributed by atoms with Gasteiger partial charge in [0.15, 0.2) is 5.75 Å². The molecule has 0 radical (unpaired) electrons. The Labute approximate surface area is 121 Å². The maximum atomic E-state index is 12.7. The highest BCUT2D eigenvalue weighted by molar-refractivity contribution is 5.52. The lowest BCUT2D eigenvalue weighted by Crippen LogP contribution is -2.10. The second-order valence-electron chi connectivity index (χ2n) is 4.33. The molecule has 0 amide bonds. The predicted molar refractivity (Wildman–Crippen MR) is 75.2 cm³/mol. The topological polar surface area (TPSA) is 61.6 Å². The third kappa shape index (κ3) is 3.92. The van der Waals surface area contributed by atoms with Crippen molar-refractivity contribution in [2.24, 2.45) is 0 Å². The number of hydrogen-bond acceptors (Lipinski definition) is 4. The van der Waals surface area contributed by atoms with E-state index in [4.69, 9.17) is 9.47 Å². The van der Waals surface area contributed by atoms with Crippen LogP contribution in [0.3, 0.4) is 0 Å². The molecule has 0 atom stereocenters. The molecule has 21 heavy (non-hydrogen) atoms. The molecule has 2 aromatic carbocycles. The normalized spacial score (nSPS) is 10.2. The Morgan fingerprint density at radius 3 is 2.43 bits per heavy atom. The highest BCUT2D eigenvalue weighted by Crippen LogP contribution is 2.29. The largest absolute Gasteiger partial charge is 0.490 e. The van der Waals surface area contributed by atoms with Crippen molar-refractivity contribution in [2.75, 3.05) is 13.2 Å². The number of hydrogen-bond donors (Lipinski definition) is 0. The molecule has 0 spiro atoms. The number of rotatable bonds is 6.